The van der Waals surface area contributed by atoms with Gasteiger partial charge in [0.05, 0.1) is 48.8 Å². The summed E-state index contributed by atoms with van der Waals surface area (Å²) in [6, 6.07) is 11.6. The molecule has 0 spiro atoms. The highest BCUT2D eigenvalue weighted by Crippen LogP contribution is 2.42. The molecule has 0 bridgehead atoms. The first kappa shape index (κ1) is 29.3. The number of methoxy groups -OCH3 is 2. The molecule has 2 saturated heterocycles. The maximum Gasteiger partial charge on any atom is 0.257 e. The van der Waals surface area contributed by atoms with Crippen LogP contribution in [-0.2, 0) is 0 Å². The number of nitrogens with zero attached hydrogens (tertiary/aromatic N) is 5. The summed E-state index contributed by atoms with van der Waals surface area (Å²) in [4.78, 5) is 44.4. The molecule has 2 amide bonds. The molecule has 0 aliphatic carbocycles. The van der Waals surface area contributed by atoms with Gasteiger partial charge in [0.1, 0.15) is 0 Å². The minimum absolute atomic E-state index is 0.0889. The van der Waals surface area contributed by atoms with Crippen molar-refractivity contribution < 1.29 is 28.5 Å². The second kappa shape index (κ2) is 11.8. The maximum absolute atomic E-state index is 13.4. The molecule has 7 rings (SSSR count). The van der Waals surface area contributed by atoms with E-state index in [0.29, 0.717) is 58.6 Å². The van der Waals surface area contributed by atoms with Crippen molar-refractivity contribution in [3.8, 4) is 34.8 Å². The van der Waals surface area contributed by atoms with Crippen LogP contribution in [0.4, 0.5) is 11.4 Å². The van der Waals surface area contributed by atoms with Crippen molar-refractivity contribution in [3.05, 3.63) is 76.9 Å². The highest BCUT2D eigenvalue weighted by molar-refractivity contribution is 6.04. The van der Waals surface area contributed by atoms with Crippen molar-refractivity contribution in [2.24, 2.45) is 9.98 Å². The molecule has 4 aliphatic heterocycles. The molecule has 3 aromatic rings. The molecule has 4 aliphatic rings. The molecular formula is C35H33N5O6. The zero-order chi connectivity index (χ0) is 31.9. The topological polar surface area (TPSA) is 115 Å². The standard InChI is InChI=1S/C35H33N5O6/c1-5-20-10-22-16-36-26-14-30(28(43-3)12-24(26)34(41)39(22)18-20)45-32-8-7-9-33(38-32)46-31-15-27-25(13-29(31)44-4)35(42)40-19-21(6-2)11-23(40)17-37-27/h5-9,12-17,22-23H,10-11,18-19H2,1-4H3/b20-5+,21-6+/t22-,23-/m0/s1. The Bertz CT molecular complexity index is 1750. The number of carbonyl (C=O) groups excluding carboxylic acids is 2. The largest absolute Gasteiger partial charge is 0.493 e. The summed E-state index contributed by atoms with van der Waals surface area (Å²) in [5.74, 6) is 1.72. The first-order valence-electron chi connectivity index (χ1n) is 15.1. The number of amides is 2. The molecular weight excluding hydrogens is 586 g/mol. The summed E-state index contributed by atoms with van der Waals surface area (Å²) >= 11 is 0. The SMILES string of the molecule is C/C=C1\C[C@H]2C=Nc3cc(Oc4cccc(Oc5cc6c(cc5OC)C(=O)N5C/C(=C/C)C[C@H]5C=N6)n4)c(OC)cc3C(=O)N2C1. The van der Waals surface area contributed by atoms with Crippen LogP contribution in [0.15, 0.2) is 75.7 Å². The Morgan fingerprint density at radius 2 is 1.15 bits per heavy atom. The smallest absolute Gasteiger partial charge is 0.257 e. The fourth-order valence-electron chi connectivity index (χ4n) is 6.20. The van der Waals surface area contributed by atoms with Gasteiger partial charge in [-0.1, -0.05) is 29.4 Å². The van der Waals surface area contributed by atoms with Crippen molar-refractivity contribution in [2.75, 3.05) is 27.3 Å². The second-order valence-electron chi connectivity index (χ2n) is 11.4. The predicted octanol–water partition coefficient (Wildman–Crippen LogP) is 6.44. The van der Waals surface area contributed by atoms with Crippen molar-refractivity contribution in [1.82, 2.24) is 14.8 Å². The average Bonchev–Trinajstić information content (AvgIpc) is 3.64. The van der Waals surface area contributed by atoms with E-state index in [1.807, 2.05) is 36.1 Å². The summed E-state index contributed by atoms with van der Waals surface area (Å²) in [7, 11) is 3.04. The van der Waals surface area contributed by atoms with E-state index in [4.69, 9.17) is 18.9 Å². The van der Waals surface area contributed by atoms with E-state index in [2.05, 4.69) is 27.1 Å². The Kier molecular flexibility index (Phi) is 7.51. The van der Waals surface area contributed by atoms with Crippen LogP contribution in [0.1, 0.15) is 47.4 Å². The van der Waals surface area contributed by atoms with Crippen LogP contribution >= 0.6 is 0 Å². The molecule has 1 aromatic heterocycles. The van der Waals surface area contributed by atoms with E-state index in [1.54, 1.807) is 42.5 Å². The van der Waals surface area contributed by atoms with Crippen LogP contribution in [0.2, 0.25) is 0 Å². The monoisotopic (exact) mass is 619 g/mol. The quantitative estimate of drug-likeness (QED) is 0.292. The lowest BCUT2D eigenvalue weighted by Crippen LogP contribution is -2.35. The number of benzene rings is 2. The molecule has 234 valence electrons. The average molecular weight is 620 g/mol. The number of allylic oxidation sites excluding steroid dienone is 2. The van der Waals surface area contributed by atoms with Gasteiger partial charge < -0.3 is 28.7 Å². The lowest BCUT2D eigenvalue weighted by atomic mass is 10.1. The van der Waals surface area contributed by atoms with Gasteiger partial charge in [0.25, 0.3) is 11.8 Å². The van der Waals surface area contributed by atoms with Gasteiger partial charge in [0.15, 0.2) is 23.0 Å². The van der Waals surface area contributed by atoms with E-state index in [1.165, 1.54) is 25.4 Å². The third-order valence-electron chi connectivity index (χ3n) is 8.75. The first-order valence-corrected chi connectivity index (χ1v) is 15.1. The van der Waals surface area contributed by atoms with E-state index in [9.17, 15) is 9.59 Å². The third-order valence-corrected chi connectivity index (χ3v) is 8.75. The zero-order valence-electron chi connectivity index (χ0n) is 26.0. The molecule has 2 fully saturated rings. The minimum atomic E-state index is -0.101. The Hall–Kier alpha value is -5.45. The summed E-state index contributed by atoms with van der Waals surface area (Å²) in [5.41, 5.74) is 4.31. The van der Waals surface area contributed by atoms with Gasteiger partial charge in [0.2, 0.25) is 11.8 Å². The summed E-state index contributed by atoms with van der Waals surface area (Å²) in [5, 5.41) is 0. The van der Waals surface area contributed by atoms with Gasteiger partial charge in [-0.25, -0.2) is 0 Å². The van der Waals surface area contributed by atoms with Gasteiger partial charge in [-0.3, -0.25) is 19.6 Å². The summed E-state index contributed by atoms with van der Waals surface area (Å²) < 4.78 is 23.5. The fraction of sp³-hybridized carbons (Fsp3) is 0.286. The summed E-state index contributed by atoms with van der Waals surface area (Å²) in [6.45, 7) is 5.13. The van der Waals surface area contributed by atoms with Crippen molar-refractivity contribution in [3.63, 3.8) is 0 Å². The number of ether oxygens (including phenoxy) is 4. The Morgan fingerprint density at radius 1 is 0.696 bits per heavy atom. The zero-order valence-corrected chi connectivity index (χ0v) is 26.0. The molecule has 0 radical (unpaired) electrons. The Morgan fingerprint density at radius 3 is 1.57 bits per heavy atom. The number of aliphatic imine (C=N–C) groups is 2. The van der Waals surface area contributed by atoms with Gasteiger partial charge in [-0.15, -0.1) is 0 Å². The van der Waals surface area contributed by atoms with Crippen LogP contribution in [0.5, 0.6) is 34.8 Å². The molecule has 5 heterocycles. The fourth-order valence-corrected chi connectivity index (χ4v) is 6.20. The van der Waals surface area contributed by atoms with Crippen LogP contribution < -0.4 is 18.9 Å². The first-order chi connectivity index (χ1) is 22.4. The van der Waals surface area contributed by atoms with Gasteiger partial charge in [0, 0.05) is 49.8 Å². The van der Waals surface area contributed by atoms with Crippen molar-refractivity contribution in [2.45, 2.75) is 38.8 Å². The molecule has 2 atom stereocenters. The number of rotatable bonds is 6. The van der Waals surface area contributed by atoms with E-state index in [0.717, 1.165) is 12.8 Å². The highest BCUT2D eigenvalue weighted by Gasteiger charge is 2.36. The van der Waals surface area contributed by atoms with Gasteiger partial charge in [-0.2, -0.15) is 4.98 Å². The number of fused-ring (bicyclic) bond motifs is 4. The van der Waals surface area contributed by atoms with Crippen LogP contribution in [0.3, 0.4) is 0 Å². The molecule has 0 saturated carbocycles. The number of hydrogen-bond acceptors (Lipinski definition) is 9. The van der Waals surface area contributed by atoms with Gasteiger partial charge >= 0.3 is 0 Å². The number of hydrogen-bond donors (Lipinski definition) is 0. The lowest BCUT2D eigenvalue weighted by molar-refractivity contribution is 0.0769. The van der Waals surface area contributed by atoms with E-state index < -0.39 is 0 Å². The van der Waals surface area contributed by atoms with Crippen molar-refractivity contribution in [1.29, 1.82) is 0 Å². The molecule has 11 nitrogen and oxygen atoms in total. The second-order valence-corrected chi connectivity index (χ2v) is 11.4. The molecule has 11 heteroatoms. The number of pyridine rings is 1. The highest BCUT2D eigenvalue weighted by atomic mass is 16.5. The maximum atomic E-state index is 13.4. The molecule has 0 unspecified atom stereocenters. The molecule has 0 N–H and O–H groups in total. The van der Waals surface area contributed by atoms with E-state index in [-0.39, 0.29) is 35.7 Å². The number of carbonyl (C=O) groups is 2. The van der Waals surface area contributed by atoms with Crippen LogP contribution in [0.25, 0.3) is 0 Å². The lowest BCUT2D eigenvalue weighted by Gasteiger charge is -2.20. The van der Waals surface area contributed by atoms with Crippen LogP contribution in [0, 0.1) is 0 Å². The summed E-state index contributed by atoms with van der Waals surface area (Å²) in [6.07, 6.45) is 9.28. The molecule has 46 heavy (non-hydrogen) atoms. The van der Waals surface area contributed by atoms with Crippen molar-refractivity contribution >= 4 is 35.6 Å². The third kappa shape index (κ3) is 5.17. The van der Waals surface area contributed by atoms with Gasteiger partial charge in [-0.05, 0) is 38.8 Å². The normalized spacial score (nSPS) is 21.5. The van der Waals surface area contributed by atoms with E-state index >= 15 is 0 Å². The number of aromatic nitrogens is 1. The Labute approximate surface area is 266 Å². The Balaban J connectivity index is 1.15. The molecule has 2 aromatic carbocycles. The predicted molar refractivity (Wildman–Crippen MR) is 173 cm³/mol. The van der Waals surface area contributed by atoms with Crippen LogP contribution in [-0.4, -0.2) is 78.4 Å². The minimum Gasteiger partial charge on any atom is -0.493 e.